The molecule has 2 atom stereocenters. The number of hydrogen-bond donors (Lipinski definition) is 5. The molecule has 0 fully saturated rings. The fourth-order valence-corrected chi connectivity index (χ4v) is 1.03. The van der Waals surface area contributed by atoms with Crippen LogP contribution in [-0.2, 0) is 14.4 Å². The summed E-state index contributed by atoms with van der Waals surface area (Å²) in [6.45, 7) is 1.07. The molecular weight excluding hydrogens is 256 g/mol. The molecule has 0 aliphatic heterocycles. The number of carbonyl (C=O) groups is 3. The number of amides is 1. The average molecular weight is 269 g/mol. The van der Waals surface area contributed by atoms with E-state index in [1.54, 1.807) is 0 Å². The topological polar surface area (TPSA) is 144 Å². The first-order valence-corrected chi connectivity index (χ1v) is 3.88. The van der Waals surface area contributed by atoms with Crippen molar-refractivity contribution in [3.05, 3.63) is 0 Å². The molecule has 0 bridgehead atoms. The molecule has 2 unspecified atom stereocenters. The Balaban J connectivity index is -0.000000163. The molecule has 10 heteroatoms. The number of hydroxylamine groups is 1. The number of carboxylic acids is 2. The van der Waals surface area contributed by atoms with Crippen molar-refractivity contribution in [2.45, 2.75) is 18.9 Å². The number of nitrogens with one attached hydrogen (secondary N) is 1. The maximum Gasteiger partial charge on any atom is 1.00 e. The SMILES string of the molecule is CC(CC(=O)O)C(O)(C(=O)O)C(=O)NO.[H-].[H-].[Na+].[Na+]. The van der Waals surface area contributed by atoms with Crippen molar-refractivity contribution < 1.29 is 96.9 Å². The second-order valence-corrected chi connectivity index (χ2v) is 3.01. The van der Waals surface area contributed by atoms with Crippen LogP contribution in [-0.4, -0.2) is 44.0 Å². The van der Waals surface area contributed by atoms with Gasteiger partial charge in [-0.3, -0.25) is 14.8 Å². The van der Waals surface area contributed by atoms with Crippen LogP contribution in [0.25, 0.3) is 0 Å². The zero-order valence-corrected chi connectivity index (χ0v) is 13.8. The number of aliphatic carboxylic acids is 2. The van der Waals surface area contributed by atoms with Crippen LogP contribution in [0.3, 0.4) is 0 Å². The maximum absolute atomic E-state index is 10.9. The summed E-state index contributed by atoms with van der Waals surface area (Å²) in [7, 11) is 0. The minimum atomic E-state index is -2.97. The second kappa shape index (κ2) is 9.29. The van der Waals surface area contributed by atoms with E-state index in [0.717, 1.165) is 12.4 Å². The van der Waals surface area contributed by atoms with Crippen LogP contribution >= 0.6 is 0 Å². The van der Waals surface area contributed by atoms with Gasteiger partial charge in [0, 0.05) is 5.92 Å². The van der Waals surface area contributed by atoms with Gasteiger partial charge in [-0.1, -0.05) is 6.92 Å². The van der Waals surface area contributed by atoms with Gasteiger partial charge in [-0.15, -0.1) is 0 Å². The van der Waals surface area contributed by atoms with E-state index >= 15 is 0 Å². The number of aliphatic hydroxyl groups is 1. The normalized spacial score (nSPS) is 14.3. The summed E-state index contributed by atoms with van der Waals surface area (Å²) in [5.74, 6) is -6.26. The summed E-state index contributed by atoms with van der Waals surface area (Å²) in [5.41, 5.74) is -1.99. The van der Waals surface area contributed by atoms with Crippen LogP contribution in [0.1, 0.15) is 16.2 Å². The van der Waals surface area contributed by atoms with Gasteiger partial charge in [0.15, 0.2) is 0 Å². The Labute approximate surface area is 144 Å². The number of carboxylic acid groups (broad SMARTS) is 2. The molecule has 0 radical (unpaired) electrons. The summed E-state index contributed by atoms with van der Waals surface area (Å²) < 4.78 is 0. The van der Waals surface area contributed by atoms with Gasteiger partial charge in [-0.05, 0) is 0 Å². The van der Waals surface area contributed by atoms with Crippen molar-refractivity contribution in [2.75, 3.05) is 0 Å². The Hall–Kier alpha value is 0.330. The van der Waals surface area contributed by atoms with Crippen molar-refractivity contribution in [1.29, 1.82) is 0 Å². The average Bonchev–Trinajstić information content (AvgIpc) is 2.13. The van der Waals surface area contributed by atoms with E-state index in [1.807, 2.05) is 0 Å². The van der Waals surface area contributed by atoms with Crippen molar-refractivity contribution in [3.8, 4) is 0 Å². The van der Waals surface area contributed by atoms with Crippen molar-refractivity contribution in [2.24, 2.45) is 5.92 Å². The molecule has 0 spiro atoms. The van der Waals surface area contributed by atoms with E-state index in [-0.39, 0.29) is 62.0 Å². The van der Waals surface area contributed by atoms with E-state index in [1.165, 1.54) is 0 Å². The van der Waals surface area contributed by atoms with Crippen LogP contribution in [0.4, 0.5) is 0 Å². The van der Waals surface area contributed by atoms with Gasteiger partial charge >= 0.3 is 71.1 Å². The number of rotatable bonds is 5. The van der Waals surface area contributed by atoms with Gasteiger partial charge in [0.05, 0.1) is 6.42 Å². The molecule has 5 N–H and O–H groups in total. The van der Waals surface area contributed by atoms with Gasteiger partial charge in [0.25, 0.3) is 5.91 Å². The molecule has 0 saturated heterocycles. The molecule has 0 heterocycles. The van der Waals surface area contributed by atoms with Crippen LogP contribution in [0.2, 0.25) is 0 Å². The minimum absolute atomic E-state index is 0. The van der Waals surface area contributed by atoms with E-state index in [0.29, 0.717) is 0 Å². The predicted molar refractivity (Wildman–Crippen MR) is 46.2 cm³/mol. The van der Waals surface area contributed by atoms with Gasteiger partial charge in [0.1, 0.15) is 0 Å². The predicted octanol–water partition coefficient (Wildman–Crippen LogP) is -7.35. The molecule has 0 saturated carbocycles. The summed E-state index contributed by atoms with van der Waals surface area (Å²) in [5, 5.41) is 34.7. The van der Waals surface area contributed by atoms with Gasteiger partial charge in [0.2, 0.25) is 5.60 Å². The van der Waals surface area contributed by atoms with Gasteiger partial charge < -0.3 is 18.2 Å². The second-order valence-electron chi connectivity index (χ2n) is 3.01. The maximum atomic E-state index is 10.9. The Bertz CT molecular complexity index is 307. The Morgan fingerprint density at radius 1 is 1.29 bits per heavy atom. The van der Waals surface area contributed by atoms with Crippen LogP contribution in [0.15, 0.2) is 0 Å². The third kappa shape index (κ3) is 5.66. The summed E-state index contributed by atoms with van der Waals surface area (Å²) in [4.78, 5) is 31.8. The Kier molecular flexibility index (Phi) is 12.3. The monoisotopic (exact) mass is 269 g/mol. The Morgan fingerprint density at radius 2 is 1.71 bits per heavy atom. The number of hydrogen-bond acceptors (Lipinski definition) is 5. The van der Waals surface area contributed by atoms with Crippen molar-refractivity contribution in [3.63, 3.8) is 0 Å². The van der Waals surface area contributed by atoms with E-state index in [4.69, 9.17) is 15.4 Å². The standard InChI is InChI=1S/C7H11NO7.2Na.2H/c1-3(2-4(9)10)7(14,6(12)13)5(11)8-15;;;;/h3,14-15H,2H2,1H3,(H,8,11)(H,9,10)(H,12,13);;;;/q;2*+1;2*-1. The summed E-state index contributed by atoms with van der Waals surface area (Å²) in [6, 6.07) is 0. The van der Waals surface area contributed by atoms with E-state index < -0.39 is 35.8 Å². The molecule has 17 heavy (non-hydrogen) atoms. The molecule has 0 aromatic heterocycles. The zero-order valence-electron chi connectivity index (χ0n) is 11.8. The third-order valence-electron chi connectivity index (χ3n) is 1.97. The summed E-state index contributed by atoms with van der Waals surface area (Å²) in [6.07, 6.45) is -0.726. The summed E-state index contributed by atoms with van der Waals surface area (Å²) >= 11 is 0. The first kappa shape index (κ1) is 22.5. The van der Waals surface area contributed by atoms with Crippen LogP contribution in [0.5, 0.6) is 0 Å². The molecule has 0 rings (SSSR count). The minimum Gasteiger partial charge on any atom is -1.00 e. The largest absolute Gasteiger partial charge is 1.00 e. The fourth-order valence-electron chi connectivity index (χ4n) is 1.03. The third-order valence-corrected chi connectivity index (χ3v) is 1.97. The van der Waals surface area contributed by atoms with Crippen LogP contribution in [0, 0.1) is 5.92 Å². The molecular formula is C7H13NNa2O7. The quantitative estimate of drug-likeness (QED) is 0.144. The molecule has 1 amide bonds. The van der Waals surface area contributed by atoms with Crippen LogP contribution < -0.4 is 64.6 Å². The molecule has 8 nitrogen and oxygen atoms in total. The molecule has 90 valence electrons. The number of carbonyl (C=O) groups excluding carboxylic acids is 1. The van der Waals surface area contributed by atoms with Crippen molar-refractivity contribution >= 4 is 17.8 Å². The molecule has 0 aliphatic carbocycles. The van der Waals surface area contributed by atoms with Gasteiger partial charge in [-0.2, -0.15) is 0 Å². The Morgan fingerprint density at radius 3 is 1.94 bits per heavy atom. The molecule has 0 aromatic rings. The molecule has 0 aliphatic rings. The first-order valence-electron chi connectivity index (χ1n) is 3.88. The molecule has 0 aromatic carbocycles. The van der Waals surface area contributed by atoms with Crippen molar-refractivity contribution in [1.82, 2.24) is 5.48 Å². The fraction of sp³-hybridized carbons (Fsp3) is 0.571. The van der Waals surface area contributed by atoms with E-state index in [2.05, 4.69) is 0 Å². The zero-order chi connectivity index (χ0) is 12.2. The smallest absolute Gasteiger partial charge is 1.00 e. The van der Waals surface area contributed by atoms with Gasteiger partial charge in [-0.25, -0.2) is 10.3 Å². The first-order chi connectivity index (χ1) is 6.76. The van der Waals surface area contributed by atoms with E-state index in [9.17, 15) is 19.5 Å².